The smallest absolute Gasteiger partial charge is 0.00510 e. The Labute approximate surface area is 110 Å². The van der Waals surface area contributed by atoms with Gasteiger partial charge in [0.25, 0.3) is 0 Å². The van der Waals surface area contributed by atoms with Crippen LogP contribution in [0.25, 0.3) is 0 Å². The summed E-state index contributed by atoms with van der Waals surface area (Å²) in [6, 6.07) is 11.0. The summed E-state index contributed by atoms with van der Waals surface area (Å²) in [5.74, 6) is 1.83. The first-order valence-electron chi connectivity index (χ1n) is 6.69. The highest BCUT2D eigenvalue weighted by atomic mass is 32.1. The van der Waals surface area contributed by atoms with Crippen molar-refractivity contribution < 1.29 is 0 Å². The molecule has 1 aromatic rings. The topological polar surface area (TPSA) is 3.24 Å². The lowest BCUT2D eigenvalue weighted by molar-refractivity contribution is 0.276. The van der Waals surface area contributed by atoms with Gasteiger partial charge in [-0.2, -0.15) is 12.6 Å². The highest BCUT2D eigenvalue weighted by molar-refractivity contribution is 7.80. The van der Waals surface area contributed by atoms with Crippen molar-refractivity contribution in [1.29, 1.82) is 0 Å². The maximum Gasteiger partial charge on any atom is 0.00510 e. The molecule has 0 bridgehead atoms. The predicted octanol–water partition coefficient (Wildman–Crippen LogP) is 3.19. The van der Waals surface area contributed by atoms with E-state index < -0.39 is 0 Å². The van der Waals surface area contributed by atoms with Gasteiger partial charge < -0.3 is 4.90 Å². The summed E-state index contributed by atoms with van der Waals surface area (Å²) in [4.78, 5) is 2.65. The lowest BCUT2D eigenvalue weighted by Gasteiger charge is -2.22. The molecule has 0 aromatic heterocycles. The lowest BCUT2D eigenvalue weighted by atomic mass is 9.99. The van der Waals surface area contributed by atoms with Crippen molar-refractivity contribution in [2.24, 2.45) is 5.41 Å². The van der Waals surface area contributed by atoms with Gasteiger partial charge in [0.1, 0.15) is 0 Å². The van der Waals surface area contributed by atoms with Crippen LogP contribution in [-0.4, -0.2) is 30.3 Å². The van der Waals surface area contributed by atoms with Gasteiger partial charge in [-0.25, -0.2) is 0 Å². The number of rotatable bonds is 4. The Bertz CT molecular complexity index is 372. The van der Waals surface area contributed by atoms with Gasteiger partial charge in [-0.3, -0.25) is 0 Å². The monoisotopic (exact) mass is 247 g/mol. The Kier molecular flexibility index (Phi) is 3.18. The first-order valence-corrected chi connectivity index (χ1v) is 7.33. The maximum absolute atomic E-state index is 4.50. The van der Waals surface area contributed by atoms with Crippen LogP contribution >= 0.6 is 12.6 Å². The van der Waals surface area contributed by atoms with Crippen LogP contribution in [0, 0.1) is 5.41 Å². The zero-order chi connectivity index (χ0) is 11.7. The number of nitrogens with zero attached hydrogens (tertiary/aromatic N) is 1. The van der Waals surface area contributed by atoms with E-state index in [2.05, 4.69) is 47.9 Å². The standard InChI is InChI=1S/C15H21NS/c17-12-15(7-8-15)11-16-9-6-14(10-16)13-4-2-1-3-5-13/h1-5,14,17H,6-12H2. The average Bonchev–Trinajstić information content (AvgIpc) is 3.00. The minimum atomic E-state index is 0.578. The summed E-state index contributed by atoms with van der Waals surface area (Å²) < 4.78 is 0. The second-order valence-corrected chi connectivity index (χ2v) is 6.11. The number of thiol groups is 1. The molecule has 1 heterocycles. The molecule has 1 saturated heterocycles. The van der Waals surface area contributed by atoms with Gasteiger partial charge in [0.05, 0.1) is 0 Å². The molecular weight excluding hydrogens is 226 g/mol. The molecule has 1 nitrogen and oxygen atoms in total. The van der Waals surface area contributed by atoms with Crippen LogP contribution in [0.4, 0.5) is 0 Å². The third-order valence-corrected chi connectivity index (χ3v) is 5.07. The Balaban J connectivity index is 1.59. The minimum absolute atomic E-state index is 0.578. The van der Waals surface area contributed by atoms with E-state index in [4.69, 9.17) is 0 Å². The van der Waals surface area contributed by atoms with E-state index in [9.17, 15) is 0 Å². The molecule has 1 atom stereocenters. The molecule has 1 aliphatic heterocycles. The van der Waals surface area contributed by atoms with Crippen molar-refractivity contribution in [2.45, 2.75) is 25.2 Å². The summed E-state index contributed by atoms with van der Waals surface area (Å²) in [5.41, 5.74) is 2.10. The molecule has 0 radical (unpaired) electrons. The quantitative estimate of drug-likeness (QED) is 0.800. The van der Waals surface area contributed by atoms with Gasteiger partial charge in [-0.05, 0) is 48.5 Å². The maximum atomic E-state index is 4.50. The first kappa shape index (κ1) is 11.6. The van der Waals surface area contributed by atoms with Crippen molar-refractivity contribution in [3.8, 4) is 0 Å². The van der Waals surface area contributed by atoms with Crippen LogP contribution in [0.15, 0.2) is 30.3 Å². The summed E-state index contributed by atoms with van der Waals surface area (Å²) >= 11 is 4.50. The van der Waals surface area contributed by atoms with E-state index in [1.165, 1.54) is 44.5 Å². The number of hydrogen-bond donors (Lipinski definition) is 1. The van der Waals surface area contributed by atoms with Gasteiger partial charge in [-0.15, -0.1) is 0 Å². The fraction of sp³-hybridized carbons (Fsp3) is 0.600. The van der Waals surface area contributed by atoms with E-state index in [1.54, 1.807) is 0 Å². The van der Waals surface area contributed by atoms with E-state index in [0.717, 1.165) is 11.7 Å². The third-order valence-electron chi connectivity index (χ3n) is 4.39. The van der Waals surface area contributed by atoms with Crippen molar-refractivity contribution in [2.75, 3.05) is 25.4 Å². The molecule has 2 fully saturated rings. The number of hydrogen-bond acceptors (Lipinski definition) is 2. The fourth-order valence-corrected chi connectivity index (χ4v) is 3.41. The van der Waals surface area contributed by atoms with Crippen molar-refractivity contribution in [1.82, 2.24) is 4.90 Å². The Morgan fingerprint density at radius 3 is 2.65 bits per heavy atom. The van der Waals surface area contributed by atoms with Crippen LogP contribution < -0.4 is 0 Å². The van der Waals surface area contributed by atoms with Crippen molar-refractivity contribution >= 4 is 12.6 Å². The second kappa shape index (κ2) is 4.66. The van der Waals surface area contributed by atoms with Crippen LogP contribution in [-0.2, 0) is 0 Å². The molecule has 2 aliphatic rings. The zero-order valence-electron chi connectivity index (χ0n) is 10.3. The normalized spacial score (nSPS) is 27.2. The predicted molar refractivity (Wildman–Crippen MR) is 75.8 cm³/mol. The van der Waals surface area contributed by atoms with E-state index >= 15 is 0 Å². The van der Waals surface area contributed by atoms with E-state index in [1.807, 2.05) is 0 Å². The second-order valence-electron chi connectivity index (χ2n) is 5.79. The van der Waals surface area contributed by atoms with Gasteiger partial charge >= 0.3 is 0 Å². The van der Waals surface area contributed by atoms with E-state index in [0.29, 0.717) is 5.41 Å². The summed E-state index contributed by atoms with van der Waals surface area (Å²) in [5, 5.41) is 0. The molecular formula is C15H21NS. The van der Waals surface area contributed by atoms with Gasteiger partial charge in [0.2, 0.25) is 0 Å². The molecule has 0 amide bonds. The highest BCUT2D eigenvalue weighted by Crippen LogP contribution is 2.47. The molecule has 1 saturated carbocycles. The molecule has 1 aliphatic carbocycles. The van der Waals surface area contributed by atoms with Gasteiger partial charge in [-0.1, -0.05) is 30.3 Å². The van der Waals surface area contributed by atoms with Crippen molar-refractivity contribution in [3.63, 3.8) is 0 Å². The Morgan fingerprint density at radius 2 is 2.00 bits per heavy atom. The SMILES string of the molecule is SCC1(CN2CCC(c3ccccc3)C2)CC1. The highest BCUT2D eigenvalue weighted by Gasteiger charge is 2.43. The number of benzene rings is 1. The zero-order valence-corrected chi connectivity index (χ0v) is 11.2. The molecule has 92 valence electrons. The fourth-order valence-electron chi connectivity index (χ4n) is 2.99. The molecule has 17 heavy (non-hydrogen) atoms. The van der Waals surface area contributed by atoms with Crippen molar-refractivity contribution in [3.05, 3.63) is 35.9 Å². The summed E-state index contributed by atoms with van der Waals surface area (Å²) in [6.07, 6.45) is 4.11. The molecule has 3 rings (SSSR count). The lowest BCUT2D eigenvalue weighted by Crippen LogP contribution is -2.29. The molecule has 0 N–H and O–H groups in total. The summed E-state index contributed by atoms with van der Waals surface area (Å²) in [7, 11) is 0. The molecule has 1 unspecified atom stereocenters. The van der Waals surface area contributed by atoms with E-state index in [-0.39, 0.29) is 0 Å². The largest absolute Gasteiger partial charge is 0.302 e. The molecule has 2 heteroatoms. The minimum Gasteiger partial charge on any atom is -0.302 e. The van der Waals surface area contributed by atoms with Crippen LogP contribution in [0.2, 0.25) is 0 Å². The van der Waals surface area contributed by atoms with Gasteiger partial charge in [0.15, 0.2) is 0 Å². The average molecular weight is 247 g/mol. The molecule has 1 aromatic carbocycles. The van der Waals surface area contributed by atoms with Crippen LogP contribution in [0.1, 0.15) is 30.7 Å². The Hall–Kier alpha value is -0.470. The molecule has 0 spiro atoms. The van der Waals surface area contributed by atoms with Crippen LogP contribution in [0.5, 0.6) is 0 Å². The summed E-state index contributed by atoms with van der Waals surface area (Å²) in [6.45, 7) is 3.80. The van der Waals surface area contributed by atoms with Crippen LogP contribution in [0.3, 0.4) is 0 Å². The first-order chi connectivity index (χ1) is 8.31. The third kappa shape index (κ3) is 2.53. The number of likely N-dealkylation sites (tertiary alicyclic amines) is 1. The van der Waals surface area contributed by atoms with Gasteiger partial charge in [0, 0.05) is 13.1 Å². The Morgan fingerprint density at radius 1 is 1.24 bits per heavy atom.